The Morgan fingerprint density at radius 2 is 1.73 bits per heavy atom. The number of likely N-dealkylation sites (tertiary alicyclic amines) is 1. The van der Waals surface area contributed by atoms with Crippen molar-refractivity contribution in [2.24, 2.45) is 0 Å². The number of rotatable bonds is 2. The SMILES string of the molecule is CC.CC(C)(C)OC(=O)N1CCC2(CC1)OC(C(=O)N1CCOc3cc(C(=O)NO)ccc3C1)c1ccccc12. The summed E-state index contributed by atoms with van der Waals surface area (Å²) in [6.45, 7) is 11.4. The molecule has 3 amide bonds. The summed E-state index contributed by atoms with van der Waals surface area (Å²) in [4.78, 5) is 41.7. The summed E-state index contributed by atoms with van der Waals surface area (Å²) in [5.41, 5.74) is 3.27. The van der Waals surface area contributed by atoms with Gasteiger partial charge in [0.1, 0.15) is 18.0 Å². The number of nitrogens with zero attached hydrogens (tertiary/aromatic N) is 2. The molecule has 216 valence electrons. The number of carbonyl (C=O) groups is 3. The quantitative estimate of drug-likeness (QED) is 0.414. The first kappa shape index (κ1) is 29.4. The fraction of sp³-hybridized carbons (Fsp3) is 0.500. The van der Waals surface area contributed by atoms with Crippen LogP contribution in [-0.2, 0) is 26.4 Å². The van der Waals surface area contributed by atoms with E-state index in [0.717, 1.165) is 16.7 Å². The zero-order chi connectivity index (χ0) is 29.1. The van der Waals surface area contributed by atoms with Crippen LogP contribution in [0, 0.1) is 0 Å². The third-order valence-electron chi connectivity index (χ3n) is 7.25. The Hall–Kier alpha value is -3.63. The number of benzene rings is 2. The molecule has 1 atom stereocenters. The lowest BCUT2D eigenvalue weighted by Crippen LogP contribution is -2.47. The summed E-state index contributed by atoms with van der Waals surface area (Å²) in [7, 11) is 0. The minimum atomic E-state index is -0.764. The fourth-order valence-electron chi connectivity index (χ4n) is 5.37. The van der Waals surface area contributed by atoms with Gasteiger partial charge in [-0.1, -0.05) is 44.2 Å². The van der Waals surface area contributed by atoms with Gasteiger partial charge in [0, 0.05) is 30.8 Å². The Morgan fingerprint density at radius 3 is 2.40 bits per heavy atom. The first-order valence-electron chi connectivity index (χ1n) is 13.8. The molecule has 40 heavy (non-hydrogen) atoms. The average Bonchev–Trinajstić information content (AvgIpc) is 3.10. The van der Waals surface area contributed by atoms with Gasteiger partial charge in [-0.05, 0) is 56.9 Å². The number of carbonyl (C=O) groups excluding carboxylic acids is 3. The number of hydrogen-bond acceptors (Lipinski definition) is 7. The predicted molar refractivity (Wildman–Crippen MR) is 147 cm³/mol. The fourth-order valence-corrected chi connectivity index (χ4v) is 5.37. The van der Waals surface area contributed by atoms with E-state index in [1.807, 2.05) is 58.9 Å². The second-order valence-electron chi connectivity index (χ2n) is 10.9. The molecule has 0 radical (unpaired) electrons. The van der Waals surface area contributed by atoms with Gasteiger partial charge in [0.25, 0.3) is 11.8 Å². The van der Waals surface area contributed by atoms with Crippen molar-refractivity contribution in [1.82, 2.24) is 15.3 Å². The van der Waals surface area contributed by atoms with E-state index in [1.165, 1.54) is 0 Å². The highest BCUT2D eigenvalue weighted by molar-refractivity contribution is 5.94. The van der Waals surface area contributed by atoms with E-state index in [9.17, 15) is 14.4 Å². The molecule has 1 saturated heterocycles. The van der Waals surface area contributed by atoms with Crippen LogP contribution in [0.15, 0.2) is 42.5 Å². The maximum absolute atomic E-state index is 13.9. The molecule has 3 aliphatic heterocycles. The van der Waals surface area contributed by atoms with E-state index in [4.69, 9.17) is 19.4 Å². The second-order valence-corrected chi connectivity index (χ2v) is 10.9. The summed E-state index contributed by atoms with van der Waals surface area (Å²) >= 11 is 0. The van der Waals surface area contributed by atoms with Crippen molar-refractivity contribution >= 4 is 17.9 Å². The molecule has 10 heteroatoms. The summed E-state index contributed by atoms with van der Waals surface area (Å²) < 4.78 is 18.0. The third kappa shape index (κ3) is 5.93. The van der Waals surface area contributed by atoms with Gasteiger partial charge in [0.2, 0.25) is 0 Å². The van der Waals surface area contributed by atoms with E-state index < -0.39 is 23.2 Å². The maximum Gasteiger partial charge on any atom is 0.410 e. The van der Waals surface area contributed by atoms with E-state index >= 15 is 0 Å². The average molecular weight is 554 g/mol. The van der Waals surface area contributed by atoms with E-state index in [2.05, 4.69) is 0 Å². The standard InChI is InChI=1S/C28H33N3O7.C2H6/c1-27(2,3)38-26(34)30-12-10-28(11-13-30)21-7-5-4-6-20(21)23(37-28)25(33)31-14-15-36-22-16-18(24(32)29-35)8-9-19(22)17-31;1-2/h4-9,16,23,35H,10-15,17H2,1-3H3,(H,29,32);1-2H3. The highest BCUT2D eigenvalue weighted by Gasteiger charge is 2.50. The minimum Gasteiger partial charge on any atom is -0.491 e. The highest BCUT2D eigenvalue weighted by atomic mass is 16.6. The Balaban J connectivity index is 0.00000181. The molecule has 3 aliphatic rings. The predicted octanol–water partition coefficient (Wildman–Crippen LogP) is 4.55. The van der Waals surface area contributed by atoms with Gasteiger partial charge >= 0.3 is 6.09 Å². The Labute approximate surface area is 235 Å². The molecule has 3 heterocycles. The van der Waals surface area contributed by atoms with Crippen LogP contribution in [0.1, 0.15) is 80.6 Å². The number of fused-ring (bicyclic) bond motifs is 3. The summed E-state index contributed by atoms with van der Waals surface area (Å²) in [5, 5.41) is 8.92. The molecule has 2 N–H and O–H groups in total. The van der Waals surface area contributed by atoms with Gasteiger partial charge in [0.05, 0.1) is 12.1 Å². The van der Waals surface area contributed by atoms with Gasteiger partial charge in [-0.2, -0.15) is 0 Å². The lowest BCUT2D eigenvalue weighted by Gasteiger charge is -2.40. The monoisotopic (exact) mass is 553 g/mol. The molecule has 5 rings (SSSR count). The van der Waals surface area contributed by atoms with Crippen LogP contribution >= 0.6 is 0 Å². The normalized spacial score (nSPS) is 19.3. The molecule has 1 fully saturated rings. The number of hydrogen-bond donors (Lipinski definition) is 2. The van der Waals surface area contributed by atoms with Crippen LogP contribution in [0.2, 0.25) is 0 Å². The first-order valence-corrected chi connectivity index (χ1v) is 13.8. The van der Waals surface area contributed by atoms with Crippen molar-refractivity contribution in [3.63, 3.8) is 0 Å². The molecule has 0 aliphatic carbocycles. The van der Waals surface area contributed by atoms with Crippen LogP contribution in [0.25, 0.3) is 0 Å². The van der Waals surface area contributed by atoms with Crippen molar-refractivity contribution in [3.05, 3.63) is 64.7 Å². The molecule has 1 spiro atoms. The van der Waals surface area contributed by atoms with Gasteiger partial charge in [-0.25, -0.2) is 10.3 Å². The van der Waals surface area contributed by atoms with Crippen molar-refractivity contribution in [2.75, 3.05) is 26.2 Å². The number of amides is 3. The smallest absolute Gasteiger partial charge is 0.410 e. The third-order valence-corrected chi connectivity index (χ3v) is 7.25. The van der Waals surface area contributed by atoms with Crippen molar-refractivity contribution in [1.29, 1.82) is 0 Å². The number of nitrogens with one attached hydrogen (secondary N) is 1. The van der Waals surface area contributed by atoms with E-state index in [-0.39, 0.29) is 24.2 Å². The number of ether oxygens (including phenoxy) is 3. The Bertz CT molecular complexity index is 1250. The van der Waals surface area contributed by atoms with Gasteiger partial charge in [-0.15, -0.1) is 0 Å². The first-order chi connectivity index (χ1) is 19.1. The Morgan fingerprint density at radius 1 is 1.02 bits per heavy atom. The van der Waals surface area contributed by atoms with Crippen LogP contribution in [-0.4, -0.2) is 64.8 Å². The van der Waals surface area contributed by atoms with E-state index in [0.29, 0.717) is 44.8 Å². The summed E-state index contributed by atoms with van der Waals surface area (Å²) in [5.74, 6) is -0.287. The van der Waals surface area contributed by atoms with Gasteiger partial charge in [-0.3, -0.25) is 14.8 Å². The number of piperidine rings is 1. The second kappa shape index (κ2) is 11.9. The van der Waals surface area contributed by atoms with Crippen LogP contribution < -0.4 is 10.2 Å². The molecule has 0 saturated carbocycles. The van der Waals surface area contributed by atoms with Gasteiger partial charge in [0.15, 0.2) is 6.10 Å². The van der Waals surface area contributed by atoms with Crippen LogP contribution in [0.5, 0.6) is 5.75 Å². The molecule has 2 aromatic carbocycles. The molecule has 10 nitrogen and oxygen atoms in total. The van der Waals surface area contributed by atoms with Crippen molar-refractivity contribution < 1.29 is 33.8 Å². The topological polar surface area (TPSA) is 118 Å². The molecule has 0 bridgehead atoms. The lowest BCUT2D eigenvalue weighted by atomic mass is 9.83. The highest BCUT2D eigenvalue weighted by Crippen LogP contribution is 2.50. The molecule has 1 unspecified atom stereocenters. The zero-order valence-corrected chi connectivity index (χ0v) is 23.9. The van der Waals surface area contributed by atoms with Crippen molar-refractivity contribution in [2.45, 2.75) is 71.3 Å². The molecule has 2 aromatic rings. The molecular formula is C30H39N3O7. The van der Waals surface area contributed by atoms with E-state index in [1.54, 1.807) is 33.5 Å². The lowest BCUT2D eigenvalue weighted by molar-refractivity contribution is -0.161. The minimum absolute atomic E-state index is 0.155. The summed E-state index contributed by atoms with van der Waals surface area (Å²) in [6, 6.07) is 12.7. The van der Waals surface area contributed by atoms with Crippen LogP contribution in [0.3, 0.4) is 0 Å². The maximum atomic E-state index is 13.9. The summed E-state index contributed by atoms with van der Waals surface area (Å²) in [6.07, 6.45) is 0.0259. The largest absolute Gasteiger partial charge is 0.491 e. The zero-order valence-electron chi connectivity index (χ0n) is 23.9. The number of hydroxylamine groups is 1. The Kier molecular flexibility index (Phi) is 8.70. The van der Waals surface area contributed by atoms with Gasteiger partial charge < -0.3 is 24.0 Å². The molecule has 0 aromatic heterocycles. The van der Waals surface area contributed by atoms with Crippen molar-refractivity contribution in [3.8, 4) is 5.75 Å². The molecular weight excluding hydrogens is 514 g/mol. The van der Waals surface area contributed by atoms with Crippen LogP contribution in [0.4, 0.5) is 4.79 Å².